The highest BCUT2D eigenvalue weighted by atomic mass is 35.5. The Labute approximate surface area is 161 Å². The average molecular weight is 392 g/mol. The molecule has 138 valence electrons. The van der Waals surface area contributed by atoms with Gasteiger partial charge in [-0.3, -0.25) is 9.36 Å². The molecule has 0 fully saturated rings. The van der Waals surface area contributed by atoms with Gasteiger partial charge in [-0.15, -0.1) is 0 Å². The van der Waals surface area contributed by atoms with Crippen molar-refractivity contribution < 1.29 is 4.42 Å². The van der Waals surface area contributed by atoms with E-state index in [-0.39, 0.29) is 5.56 Å². The van der Waals surface area contributed by atoms with E-state index >= 15 is 0 Å². The number of oxazole rings is 1. The fourth-order valence-corrected chi connectivity index (χ4v) is 3.63. The zero-order valence-electron chi connectivity index (χ0n) is 15.3. The van der Waals surface area contributed by atoms with Crippen LogP contribution in [0.5, 0.6) is 0 Å². The Hall–Kier alpha value is -1.79. The lowest BCUT2D eigenvalue weighted by atomic mass is 10.2. The first-order valence-corrected chi connectivity index (χ1v) is 9.99. The topological polar surface area (TPSA) is 60.9 Å². The van der Waals surface area contributed by atoms with Gasteiger partial charge in [0.2, 0.25) is 5.89 Å². The summed E-state index contributed by atoms with van der Waals surface area (Å²) in [6, 6.07) is 5.21. The largest absolute Gasteiger partial charge is 0.445 e. The third-order valence-corrected chi connectivity index (χ3v) is 5.09. The number of benzene rings is 1. The molecule has 0 atom stereocenters. The SMILES string of the molecule is CC(C)Cn1c(SCc2ncc(C(C)C)o2)nc2ccc(Cl)cc2c1=O. The van der Waals surface area contributed by atoms with Crippen LogP contribution in [0.4, 0.5) is 0 Å². The molecule has 0 aliphatic rings. The zero-order valence-corrected chi connectivity index (χ0v) is 16.9. The van der Waals surface area contributed by atoms with E-state index in [4.69, 9.17) is 16.0 Å². The number of nitrogens with zero attached hydrogens (tertiary/aromatic N) is 3. The van der Waals surface area contributed by atoms with Gasteiger partial charge >= 0.3 is 0 Å². The lowest BCUT2D eigenvalue weighted by Gasteiger charge is -2.14. The summed E-state index contributed by atoms with van der Waals surface area (Å²) >= 11 is 7.52. The summed E-state index contributed by atoms with van der Waals surface area (Å²) in [7, 11) is 0. The van der Waals surface area contributed by atoms with Crippen molar-refractivity contribution in [3.05, 3.63) is 51.4 Å². The molecule has 3 rings (SSSR count). The zero-order chi connectivity index (χ0) is 18.8. The number of rotatable bonds is 6. The van der Waals surface area contributed by atoms with E-state index in [1.54, 1.807) is 29.0 Å². The van der Waals surface area contributed by atoms with Crippen molar-refractivity contribution in [2.24, 2.45) is 5.92 Å². The number of hydrogen-bond donors (Lipinski definition) is 0. The van der Waals surface area contributed by atoms with Gasteiger partial charge in [-0.1, -0.05) is 51.1 Å². The van der Waals surface area contributed by atoms with Gasteiger partial charge < -0.3 is 4.42 Å². The van der Waals surface area contributed by atoms with Gasteiger partial charge in [0.25, 0.3) is 5.56 Å². The van der Waals surface area contributed by atoms with E-state index in [1.165, 1.54) is 11.8 Å². The standard InChI is InChI=1S/C19H22ClN3O2S/c1-11(2)9-23-18(24)14-7-13(20)5-6-15(14)22-19(23)26-10-17-21-8-16(25-17)12(3)4/h5-8,11-12H,9-10H2,1-4H3. The molecule has 0 radical (unpaired) electrons. The third-order valence-electron chi connectivity index (χ3n) is 3.89. The van der Waals surface area contributed by atoms with Crippen molar-refractivity contribution in [1.29, 1.82) is 0 Å². The van der Waals surface area contributed by atoms with E-state index in [1.807, 2.05) is 0 Å². The Kier molecular flexibility index (Phi) is 5.73. The fraction of sp³-hybridized carbons (Fsp3) is 0.421. The molecule has 0 aliphatic heterocycles. The summed E-state index contributed by atoms with van der Waals surface area (Å²) in [6.45, 7) is 8.87. The minimum absolute atomic E-state index is 0.0658. The fourth-order valence-electron chi connectivity index (χ4n) is 2.59. The van der Waals surface area contributed by atoms with Crippen LogP contribution in [0.2, 0.25) is 5.02 Å². The van der Waals surface area contributed by atoms with Gasteiger partial charge in [-0.05, 0) is 24.1 Å². The van der Waals surface area contributed by atoms with E-state index in [0.717, 1.165) is 5.76 Å². The number of halogens is 1. The summed E-state index contributed by atoms with van der Waals surface area (Å²) in [4.78, 5) is 22.0. The molecule has 0 bridgehead atoms. The predicted octanol–water partition coefficient (Wildman–Crippen LogP) is 5.11. The van der Waals surface area contributed by atoms with E-state index in [0.29, 0.717) is 51.1 Å². The van der Waals surface area contributed by atoms with Crippen LogP contribution >= 0.6 is 23.4 Å². The molecule has 0 unspecified atom stereocenters. The second-order valence-corrected chi connectivity index (χ2v) is 8.34. The molecule has 0 saturated carbocycles. The third kappa shape index (κ3) is 4.13. The highest BCUT2D eigenvalue weighted by Gasteiger charge is 2.15. The Morgan fingerprint density at radius 2 is 2.04 bits per heavy atom. The molecular weight excluding hydrogens is 370 g/mol. The van der Waals surface area contributed by atoms with Crippen molar-refractivity contribution in [2.75, 3.05) is 0 Å². The molecule has 2 aromatic heterocycles. The quantitative estimate of drug-likeness (QED) is 0.431. The first-order valence-electron chi connectivity index (χ1n) is 8.62. The maximum Gasteiger partial charge on any atom is 0.262 e. The predicted molar refractivity (Wildman–Crippen MR) is 106 cm³/mol. The number of thioether (sulfide) groups is 1. The van der Waals surface area contributed by atoms with Crippen molar-refractivity contribution >= 4 is 34.3 Å². The van der Waals surface area contributed by atoms with Crippen LogP contribution in [-0.2, 0) is 12.3 Å². The molecule has 0 amide bonds. The second-order valence-electron chi connectivity index (χ2n) is 6.97. The smallest absolute Gasteiger partial charge is 0.262 e. The van der Waals surface area contributed by atoms with E-state index < -0.39 is 0 Å². The lowest BCUT2D eigenvalue weighted by molar-refractivity contribution is 0.452. The van der Waals surface area contributed by atoms with Gasteiger partial charge in [-0.2, -0.15) is 0 Å². The molecule has 0 aliphatic carbocycles. The highest BCUT2D eigenvalue weighted by molar-refractivity contribution is 7.98. The lowest BCUT2D eigenvalue weighted by Crippen LogP contribution is -2.25. The maximum atomic E-state index is 13.0. The van der Waals surface area contributed by atoms with Crippen LogP contribution in [-0.4, -0.2) is 14.5 Å². The Morgan fingerprint density at radius 3 is 2.69 bits per heavy atom. The molecule has 3 aromatic rings. The number of aromatic nitrogens is 3. The van der Waals surface area contributed by atoms with Gasteiger partial charge in [0.15, 0.2) is 5.16 Å². The number of hydrogen-bond acceptors (Lipinski definition) is 5. The molecule has 0 spiro atoms. The van der Waals surface area contributed by atoms with Crippen molar-refractivity contribution in [1.82, 2.24) is 14.5 Å². The summed E-state index contributed by atoms with van der Waals surface area (Å²) in [5.41, 5.74) is 0.584. The van der Waals surface area contributed by atoms with Gasteiger partial charge in [0, 0.05) is 17.5 Å². The molecule has 5 nitrogen and oxygen atoms in total. The van der Waals surface area contributed by atoms with Crippen molar-refractivity contribution in [2.45, 2.75) is 51.1 Å². The second kappa shape index (κ2) is 7.84. The summed E-state index contributed by atoms with van der Waals surface area (Å²) in [5.74, 6) is 2.64. The van der Waals surface area contributed by atoms with Crippen LogP contribution < -0.4 is 5.56 Å². The maximum absolute atomic E-state index is 13.0. The normalized spacial score (nSPS) is 11.8. The molecule has 1 aromatic carbocycles. The molecule has 7 heteroatoms. The minimum Gasteiger partial charge on any atom is -0.445 e. The van der Waals surface area contributed by atoms with Crippen LogP contribution in [0.25, 0.3) is 10.9 Å². The first-order chi connectivity index (χ1) is 12.3. The van der Waals surface area contributed by atoms with E-state index in [9.17, 15) is 4.79 Å². The Bertz CT molecular complexity index is 979. The first kappa shape index (κ1) is 19.0. The van der Waals surface area contributed by atoms with Gasteiger partial charge in [0.05, 0.1) is 22.9 Å². The van der Waals surface area contributed by atoms with Gasteiger partial charge in [0.1, 0.15) is 5.76 Å². The molecule has 26 heavy (non-hydrogen) atoms. The van der Waals surface area contributed by atoms with Crippen molar-refractivity contribution in [3.8, 4) is 0 Å². The Balaban J connectivity index is 1.97. The van der Waals surface area contributed by atoms with E-state index in [2.05, 4.69) is 37.7 Å². The highest BCUT2D eigenvalue weighted by Crippen LogP contribution is 2.25. The van der Waals surface area contributed by atoms with Crippen LogP contribution in [0.3, 0.4) is 0 Å². The molecule has 2 heterocycles. The van der Waals surface area contributed by atoms with Gasteiger partial charge in [-0.25, -0.2) is 9.97 Å². The van der Waals surface area contributed by atoms with Crippen molar-refractivity contribution in [3.63, 3.8) is 0 Å². The van der Waals surface area contributed by atoms with Crippen LogP contribution in [0, 0.1) is 5.92 Å². The molecule has 0 saturated heterocycles. The summed E-state index contributed by atoms with van der Waals surface area (Å²) in [6.07, 6.45) is 1.76. The molecule has 0 N–H and O–H groups in total. The Morgan fingerprint density at radius 1 is 1.27 bits per heavy atom. The number of fused-ring (bicyclic) bond motifs is 1. The monoisotopic (exact) mass is 391 g/mol. The summed E-state index contributed by atoms with van der Waals surface area (Å²) in [5, 5.41) is 1.75. The molecular formula is C19H22ClN3O2S. The summed E-state index contributed by atoms with van der Waals surface area (Å²) < 4.78 is 7.48. The minimum atomic E-state index is -0.0658. The van der Waals surface area contributed by atoms with Crippen LogP contribution in [0.1, 0.15) is 45.3 Å². The van der Waals surface area contributed by atoms with Crippen LogP contribution in [0.15, 0.2) is 38.8 Å². The average Bonchev–Trinajstić information content (AvgIpc) is 3.05.